The van der Waals surface area contributed by atoms with Gasteiger partial charge in [0, 0.05) is 17.0 Å². The normalized spacial score (nSPS) is 18.5. The van der Waals surface area contributed by atoms with E-state index in [-0.39, 0.29) is 16.0 Å². The zero-order chi connectivity index (χ0) is 9.42. The number of nitro groups is 1. The van der Waals surface area contributed by atoms with Gasteiger partial charge >= 0.3 is 5.00 Å². The van der Waals surface area contributed by atoms with Crippen LogP contribution in [0.1, 0.15) is 23.8 Å². The smallest absolute Gasteiger partial charge is 0.323 e. The number of hydrogen-bond donors (Lipinski definition) is 1. The van der Waals surface area contributed by atoms with E-state index in [0.717, 1.165) is 17.7 Å². The zero-order valence-corrected chi connectivity index (χ0v) is 7.79. The van der Waals surface area contributed by atoms with E-state index in [1.54, 1.807) is 6.07 Å². The first kappa shape index (κ1) is 8.65. The molecule has 2 rings (SSSR count). The van der Waals surface area contributed by atoms with E-state index < -0.39 is 0 Å². The molecular formula is C8H10N2O2S. The summed E-state index contributed by atoms with van der Waals surface area (Å²) in [6.45, 7) is 0. The van der Waals surface area contributed by atoms with Crippen LogP contribution >= 0.6 is 11.3 Å². The van der Waals surface area contributed by atoms with Gasteiger partial charge in [0.15, 0.2) is 0 Å². The molecule has 1 saturated carbocycles. The zero-order valence-electron chi connectivity index (χ0n) is 6.97. The second-order valence-electron chi connectivity index (χ2n) is 3.30. The second-order valence-corrected chi connectivity index (χ2v) is 4.39. The van der Waals surface area contributed by atoms with Crippen molar-refractivity contribution in [3.05, 3.63) is 27.1 Å². The highest BCUT2D eigenvalue weighted by Crippen LogP contribution is 2.42. The Morgan fingerprint density at radius 2 is 2.31 bits per heavy atom. The van der Waals surface area contributed by atoms with Crippen LogP contribution in [0.2, 0.25) is 0 Å². The van der Waals surface area contributed by atoms with Gasteiger partial charge in [-0.1, -0.05) is 11.3 Å². The van der Waals surface area contributed by atoms with Crippen molar-refractivity contribution in [3.63, 3.8) is 0 Å². The van der Waals surface area contributed by atoms with Crippen LogP contribution < -0.4 is 5.73 Å². The van der Waals surface area contributed by atoms with Crippen LogP contribution in [0.15, 0.2) is 12.1 Å². The van der Waals surface area contributed by atoms with Gasteiger partial charge in [0.1, 0.15) is 0 Å². The molecule has 1 aromatic rings. The maximum Gasteiger partial charge on any atom is 0.324 e. The van der Waals surface area contributed by atoms with Crippen LogP contribution in [0.4, 0.5) is 5.00 Å². The summed E-state index contributed by atoms with van der Waals surface area (Å²) in [5.41, 5.74) is 5.90. The third-order valence-corrected chi connectivity index (χ3v) is 3.39. The lowest BCUT2D eigenvalue weighted by atomic mass is 10.2. The quantitative estimate of drug-likeness (QED) is 0.597. The number of nitrogens with two attached hydrogens (primary N) is 1. The van der Waals surface area contributed by atoms with Crippen LogP contribution in [0.5, 0.6) is 0 Å². The van der Waals surface area contributed by atoms with Crippen molar-refractivity contribution in [1.29, 1.82) is 0 Å². The van der Waals surface area contributed by atoms with Crippen molar-refractivity contribution in [2.45, 2.75) is 18.9 Å². The van der Waals surface area contributed by atoms with Crippen molar-refractivity contribution >= 4 is 16.3 Å². The molecule has 0 amide bonds. The van der Waals surface area contributed by atoms with Gasteiger partial charge in [0.2, 0.25) is 0 Å². The molecule has 1 atom stereocenters. The van der Waals surface area contributed by atoms with Crippen molar-refractivity contribution in [2.24, 2.45) is 11.7 Å². The number of rotatable bonds is 3. The molecule has 1 aliphatic rings. The average Bonchev–Trinajstić information content (AvgIpc) is 2.81. The Balaban J connectivity index is 2.16. The summed E-state index contributed by atoms with van der Waals surface area (Å²) < 4.78 is 0. The summed E-state index contributed by atoms with van der Waals surface area (Å²) >= 11 is 1.19. The third kappa shape index (κ3) is 1.71. The van der Waals surface area contributed by atoms with Gasteiger partial charge in [-0.3, -0.25) is 10.1 Å². The molecule has 4 nitrogen and oxygen atoms in total. The van der Waals surface area contributed by atoms with Crippen LogP contribution in [-0.2, 0) is 0 Å². The molecule has 5 heteroatoms. The van der Waals surface area contributed by atoms with Crippen molar-refractivity contribution in [2.75, 3.05) is 0 Å². The molecule has 1 aliphatic carbocycles. The Hall–Kier alpha value is -0.940. The van der Waals surface area contributed by atoms with Crippen molar-refractivity contribution < 1.29 is 4.92 Å². The van der Waals surface area contributed by atoms with E-state index in [1.807, 2.05) is 0 Å². The molecule has 0 aliphatic heterocycles. The molecule has 0 radical (unpaired) electrons. The average molecular weight is 198 g/mol. The standard InChI is InChI=1S/C8H10N2O2S/c9-8(5-1-2-5)6-3-4-7(13-6)10(11)12/h3-5,8H,1-2,9H2/t8-/m0/s1. The first-order chi connectivity index (χ1) is 6.18. The van der Waals surface area contributed by atoms with E-state index in [1.165, 1.54) is 17.4 Å². The van der Waals surface area contributed by atoms with Gasteiger partial charge in [-0.15, -0.1) is 0 Å². The Morgan fingerprint density at radius 1 is 1.62 bits per heavy atom. The topological polar surface area (TPSA) is 69.2 Å². The molecule has 1 heterocycles. The Bertz CT molecular complexity index is 333. The molecule has 0 saturated heterocycles. The number of hydrogen-bond acceptors (Lipinski definition) is 4. The molecule has 2 N–H and O–H groups in total. The Labute approximate surface area is 79.5 Å². The summed E-state index contributed by atoms with van der Waals surface area (Å²) in [4.78, 5) is 11.0. The lowest BCUT2D eigenvalue weighted by molar-refractivity contribution is -0.380. The van der Waals surface area contributed by atoms with Gasteiger partial charge in [-0.05, 0) is 24.8 Å². The van der Waals surface area contributed by atoms with E-state index in [4.69, 9.17) is 5.73 Å². The highest BCUT2D eigenvalue weighted by atomic mass is 32.1. The predicted molar refractivity (Wildman–Crippen MR) is 50.6 cm³/mol. The van der Waals surface area contributed by atoms with Crippen molar-refractivity contribution in [3.8, 4) is 0 Å². The first-order valence-electron chi connectivity index (χ1n) is 4.18. The molecule has 0 unspecified atom stereocenters. The summed E-state index contributed by atoms with van der Waals surface area (Å²) in [6.07, 6.45) is 2.32. The molecular weight excluding hydrogens is 188 g/mol. The number of thiophene rings is 1. The summed E-state index contributed by atoms with van der Waals surface area (Å²) in [6, 6.07) is 3.31. The highest BCUT2D eigenvalue weighted by molar-refractivity contribution is 7.15. The van der Waals surface area contributed by atoms with E-state index in [0.29, 0.717) is 5.92 Å². The van der Waals surface area contributed by atoms with E-state index in [2.05, 4.69) is 0 Å². The van der Waals surface area contributed by atoms with Gasteiger partial charge in [-0.2, -0.15) is 0 Å². The molecule has 1 fully saturated rings. The molecule has 70 valence electrons. The summed E-state index contributed by atoms with van der Waals surface area (Å²) in [7, 11) is 0. The molecule has 13 heavy (non-hydrogen) atoms. The maximum atomic E-state index is 10.4. The fraction of sp³-hybridized carbons (Fsp3) is 0.500. The summed E-state index contributed by atoms with van der Waals surface area (Å²) in [5, 5.41) is 10.6. The first-order valence-corrected chi connectivity index (χ1v) is 5.00. The van der Waals surface area contributed by atoms with Gasteiger partial charge < -0.3 is 5.73 Å². The minimum Gasteiger partial charge on any atom is -0.323 e. The lowest BCUT2D eigenvalue weighted by Crippen LogP contribution is -2.10. The minimum atomic E-state index is -0.367. The van der Waals surface area contributed by atoms with E-state index in [9.17, 15) is 10.1 Å². The predicted octanol–water partition coefficient (Wildman–Crippen LogP) is 2.07. The van der Waals surface area contributed by atoms with Crippen LogP contribution in [-0.4, -0.2) is 4.92 Å². The minimum absolute atomic E-state index is 0.0127. The largest absolute Gasteiger partial charge is 0.324 e. The van der Waals surface area contributed by atoms with Crippen molar-refractivity contribution in [1.82, 2.24) is 0 Å². The highest BCUT2D eigenvalue weighted by Gasteiger charge is 2.31. The number of nitrogens with zero attached hydrogens (tertiary/aromatic N) is 1. The van der Waals surface area contributed by atoms with Gasteiger partial charge in [0.05, 0.1) is 4.92 Å². The monoisotopic (exact) mass is 198 g/mol. The second kappa shape index (κ2) is 3.08. The third-order valence-electron chi connectivity index (χ3n) is 2.25. The molecule has 0 bridgehead atoms. The molecule has 0 spiro atoms. The fourth-order valence-corrected chi connectivity index (χ4v) is 2.22. The lowest BCUT2D eigenvalue weighted by Gasteiger charge is -2.04. The van der Waals surface area contributed by atoms with Crippen LogP contribution in [0, 0.1) is 16.0 Å². The Kier molecular flexibility index (Phi) is 2.05. The van der Waals surface area contributed by atoms with Gasteiger partial charge in [-0.25, -0.2) is 0 Å². The molecule has 1 aromatic heterocycles. The van der Waals surface area contributed by atoms with Crippen LogP contribution in [0.25, 0.3) is 0 Å². The maximum absolute atomic E-state index is 10.4. The SMILES string of the molecule is N[C@H](c1ccc([N+](=O)[O-])s1)C1CC1. The molecule has 0 aromatic carbocycles. The summed E-state index contributed by atoms with van der Waals surface area (Å²) in [5.74, 6) is 0.554. The van der Waals surface area contributed by atoms with E-state index >= 15 is 0 Å². The fourth-order valence-electron chi connectivity index (χ4n) is 1.31. The van der Waals surface area contributed by atoms with Gasteiger partial charge in [0.25, 0.3) is 0 Å². The Morgan fingerprint density at radius 3 is 2.77 bits per heavy atom. The van der Waals surface area contributed by atoms with Crippen LogP contribution in [0.3, 0.4) is 0 Å².